The Hall–Kier alpha value is -3.50. The van der Waals surface area contributed by atoms with Crippen LogP contribution in [0.4, 0.5) is 4.79 Å². The normalized spacial score (nSPS) is 32.9. The van der Waals surface area contributed by atoms with E-state index in [2.05, 4.69) is 5.32 Å². The molecular weight excluding hydrogens is 504 g/mol. The summed E-state index contributed by atoms with van der Waals surface area (Å²) in [5.41, 5.74) is 5.70. The van der Waals surface area contributed by atoms with Gasteiger partial charge < -0.3 is 30.0 Å². The number of hydrogen-bond donors (Lipinski definition) is 2. The molecule has 2 aliphatic rings. The van der Waals surface area contributed by atoms with Gasteiger partial charge in [0.25, 0.3) is 5.91 Å². The highest BCUT2D eigenvalue weighted by Gasteiger charge is 2.34. The molecule has 0 aromatic carbocycles. The summed E-state index contributed by atoms with van der Waals surface area (Å²) in [6, 6.07) is 0. The average Bonchev–Trinajstić information content (AvgIpc) is 2.87. The molecule has 2 bridgehead atoms. The molecule has 1 aliphatic heterocycles. The molecule has 10 nitrogen and oxygen atoms in total. The zero-order chi connectivity index (χ0) is 29.3. The number of methoxy groups -OCH3 is 3. The molecule has 2 rings (SSSR count). The summed E-state index contributed by atoms with van der Waals surface area (Å²) in [6.45, 7) is 7.29. The van der Waals surface area contributed by atoms with Crippen LogP contribution in [0.25, 0.3) is 0 Å². The molecule has 0 fully saturated rings. The molecule has 1 heterocycles. The second-order valence-corrected chi connectivity index (χ2v) is 10.0. The van der Waals surface area contributed by atoms with Crippen molar-refractivity contribution in [3.63, 3.8) is 0 Å². The molecule has 3 N–H and O–H groups in total. The van der Waals surface area contributed by atoms with E-state index in [-0.39, 0.29) is 40.7 Å². The molecule has 0 aromatic heterocycles. The summed E-state index contributed by atoms with van der Waals surface area (Å²) in [5, 5.41) is 2.55. The molecule has 214 valence electrons. The Labute approximate surface area is 229 Å². The standard InChI is InChI=1S/C29H40N2O8/c1-16-11-21(36-5)13-19(4)26(38-7)22-14-20(32)15-23(25(22)33)31-28(34)18(3)10-8-9-17(2)27(39-29(30)35)24(12-16)37-6/h8-10,12,14-17,19,21,26-27H,11,13H2,1-7H3,(H2,30,35)(H,31,34)/b9-8-,18-10+,24-12+/t16-,17+,19+,21-,26-,27-/m1/s1. The molecular formula is C29H40N2O8. The number of nitrogens with one attached hydrogen (secondary N) is 1. The molecule has 0 saturated carbocycles. The van der Waals surface area contributed by atoms with Crippen LogP contribution in [0, 0.1) is 17.8 Å². The molecule has 39 heavy (non-hydrogen) atoms. The molecule has 6 atom stereocenters. The zero-order valence-electron chi connectivity index (χ0n) is 23.7. The number of ether oxygens (including phenoxy) is 4. The molecule has 10 heteroatoms. The quantitative estimate of drug-likeness (QED) is 0.513. The van der Waals surface area contributed by atoms with Crippen molar-refractivity contribution < 1.29 is 38.1 Å². The number of carbonyl (C=O) groups excluding carboxylic acids is 4. The van der Waals surface area contributed by atoms with E-state index < -0.39 is 35.8 Å². The molecule has 2 amide bonds. The van der Waals surface area contributed by atoms with Crippen molar-refractivity contribution in [1.29, 1.82) is 0 Å². The Morgan fingerprint density at radius 3 is 2.28 bits per heavy atom. The molecule has 1 aliphatic carbocycles. The first-order valence-corrected chi connectivity index (χ1v) is 12.9. The van der Waals surface area contributed by atoms with E-state index in [4.69, 9.17) is 24.7 Å². The SMILES string of the molecule is CO/C1=C/[C@H](C)C[C@@H](OC)C[C@H](C)[C@@H](OC)C2=CC(=O)C=C(NC(=O)/C(C)=C/C=C\[C@H](C)[C@H]1OC(N)=O)C2=O. The van der Waals surface area contributed by atoms with Gasteiger partial charge in [-0.1, -0.05) is 39.0 Å². The van der Waals surface area contributed by atoms with Gasteiger partial charge in [0, 0.05) is 37.4 Å². The van der Waals surface area contributed by atoms with E-state index >= 15 is 0 Å². The number of allylic oxidation sites excluding steroid dienone is 6. The van der Waals surface area contributed by atoms with Gasteiger partial charge in [0.1, 0.15) is 5.76 Å². The highest BCUT2D eigenvalue weighted by Crippen LogP contribution is 2.29. The van der Waals surface area contributed by atoms with Crippen molar-refractivity contribution in [2.75, 3.05) is 21.3 Å². The summed E-state index contributed by atoms with van der Waals surface area (Å²) in [6.07, 6.45) is 7.61. The van der Waals surface area contributed by atoms with Crippen molar-refractivity contribution in [3.8, 4) is 0 Å². The highest BCUT2D eigenvalue weighted by molar-refractivity contribution is 6.22. The van der Waals surface area contributed by atoms with Gasteiger partial charge in [0.2, 0.25) is 5.78 Å². The largest absolute Gasteiger partial charge is 0.497 e. The van der Waals surface area contributed by atoms with E-state index in [9.17, 15) is 19.2 Å². The number of primary amides is 1. The number of ketones is 2. The minimum atomic E-state index is -0.942. The lowest BCUT2D eigenvalue weighted by Crippen LogP contribution is -2.37. The Kier molecular flexibility index (Phi) is 11.9. The Morgan fingerprint density at radius 1 is 1.00 bits per heavy atom. The third-order valence-corrected chi connectivity index (χ3v) is 6.82. The third-order valence-electron chi connectivity index (χ3n) is 6.82. The van der Waals surface area contributed by atoms with Gasteiger partial charge in [0.05, 0.1) is 25.0 Å². The Morgan fingerprint density at radius 2 is 1.69 bits per heavy atom. The van der Waals surface area contributed by atoms with Gasteiger partial charge in [0.15, 0.2) is 11.9 Å². The van der Waals surface area contributed by atoms with Crippen LogP contribution >= 0.6 is 0 Å². The van der Waals surface area contributed by atoms with E-state index in [0.29, 0.717) is 18.6 Å². The van der Waals surface area contributed by atoms with Gasteiger partial charge >= 0.3 is 6.09 Å². The average molecular weight is 545 g/mol. The smallest absolute Gasteiger partial charge is 0.405 e. The zero-order valence-corrected chi connectivity index (χ0v) is 23.7. The van der Waals surface area contributed by atoms with Crippen LogP contribution in [-0.4, -0.2) is 63.2 Å². The van der Waals surface area contributed by atoms with Crippen LogP contribution in [0.3, 0.4) is 0 Å². The summed E-state index contributed by atoms with van der Waals surface area (Å²) >= 11 is 0. The van der Waals surface area contributed by atoms with Gasteiger partial charge in [-0.05, 0) is 43.8 Å². The lowest BCUT2D eigenvalue weighted by molar-refractivity contribution is -0.120. The maximum Gasteiger partial charge on any atom is 0.405 e. The predicted molar refractivity (Wildman–Crippen MR) is 145 cm³/mol. The number of fused-ring (bicyclic) bond motifs is 2. The first-order valence-electron chi connectivity index (χ1n) is 12.9. The minimum Gasteiger partial charge on any atom is -0.497 e. The van der Waals surface area contributed by atoms with Crippen LogP contribution in [0.5, 0.6) is 0 Å². The topological polar surface area (TPSA) is 143 Å². The van der Waals surface area contributed by atoms with E-state index in [1.807, 2.05) is 26.8 Å². The van der Waals surface area contributed by atoms with Gasteiger partial charge in [-0.15, -0.1) is 0 Å². The summed E-state index contributed by atoms with van der Waals surface area (Å²) in [7, 11) is 4.58. The molecule has 0 radical (unpaired) electrons. The van der Waals surface area contributed by atoms with Gasteiger partial charge in [-0.25, -0.2) is 4.79 Å². The van der Waals surface area contributed by atoms with Gasteiger partial charge in [-0.2, -0.15) is 0 Å². The summed E-state index contributed by atoms with van der Waals surface area (Å²) in [4.78, 5) is 50.3. The lowest BCUT2D eigenvalue weighted by atomic mass is 9.85. The van der Waals surface area contributed by atoms with Crippen molar-refractivity contribution in [2.45, 2.75) is 58.8 Å². The number of carbonyl (C=O) groups is 4. The predicted octanol–water partition coefficient (Wildman–Crippen LogP) is 3.29. The van der Waals surface area contributed by atoms with Crippen molar-refractivity contribution in [1.82, 2.24) is 5.32 Å². The number of amides is 2. The maximum atomic E-state index is 13.3. The molecule has 0 spiro atoms. The number of hydrogen-bond acceptors (Lipinski definition) is 8. The van der Waals surface area contributed by atoms with Crippen molar-refractivity contribution in [3.05, 3.63) is 59.1 Å². The van der Waals surface area contributed by atoms with Gasteiger partial charge in [-0.3, -0.25) is 14.4 Å². The van der Waals surface area contributed by atoms with Crippen LogP contribution in [0.1, 0.15) is 40.5 Å². The Balaban J connectivity index is 2.56. The fraction of sp³-hybridized carbons (Fsp3) is 0.517. The van der Waals surface area contributed by atoms with Crippen LogP contribution in [0.2, 0.25) is 0 Å². The second-order valence-electron chi connectivity index (χ2n) is 10.0. The van der Waals surface area contributed by atoms with Crippen LogP contribution in [-0.2, 0) is 33.3 Å². The highest BCUT2D eigenvalue weighted by atomic mass is 16.6. The molecule has 0 saturated heterocycles. The maximum absolute atomic E-state index is 13.3. The van der Waals surface area contributed by atoms with Crippen molar-refractivity contribution in [2.24, 2.45) is 23.5 Å². The summed E-state index contributed by atoms with van der Waals surface area (Å²) < 4.78 is 22.4. The van der Waals surface area contributed by atoms with Crippen LogP contribution < -0.4 is 11.1 Å². The van der Waals surface area contributed by atoms with E-state index in [0.717, 1.165) is 6.08 Å². The monoisotopic (exact) mass is 544 g/mol. The Bertz CT molecular complexity index is 1100. The number of rotatable bonds is 4. The third kappa shape index (κ3) is 8.76. The molecule has 0 aromatic rings. The minimum absolute atomic E-state index is 0.0501. The molecule has 0 unspecified atom stereocenters. The second kappa shape index (κ2) is 14.6. The fourth-order valence-corrected chi connectivity index (χ4v) is 4.79. The fourth-order valence-electron chi connectivity index (χ4n) is 4.79. The number of Topliss-reactive ketones (excluding diaryl/α,β-unsaturated/α-hetero) is 1. The lowest BCUT2D eigenvalue weighted by Gasteiger charge is -2.30. The number of nitrogens with two attached hydrogens (primary N) is 1. The van der Waals surface area contributed by atoms with E-state index in [1.165, 1.54) is 20.3 Å². The summed E-state index contributed by atoms with van der Waals surface area (Å²) in [5.74, 6) is -1.62. The first kappa shape index (κ1) is 31.7. The van der Waals surface area contributed by atoms with Crippen LogP contribution in [0.15, 0.2) is 59.1 Å². The van der Waals surface area contributed by atoms with E-state index in [1.54, 1.807) is 32.3 Å². The first-order chi connectivity index (χ1) is 18.4. The van der Waals surface area contributed by atoms with Crippen molar-refractivity contribution >= 4 is 23.6 Å².